The number of benzene rings is 1. The maximum absolute atomic E-state index is 12.2. The van der Waals surface area contributed by atoms with Gasteiger partial charge in [0.15, 0.2) is 0 Å². The lowest BCUT2D eigenvalue weighted by molar-refractivity contribution is 0.0606. The van der Waals surface area contributed by atoms with Crippen LogP contribution in [0.2, 0.25) is 0 Å². The second-order valence-electron chi connectivity index (χ2n) is 4.58. The molecule has 1 heterocycles. The summed E-state index contributed by atoms with van der Waals surface area (Å²) in [6.45, 7) is 1.86. The van der Waals surface area contributed by atoms with Crippen LogP contribution in [0.3, 0.4) is 0 Å². The lowest BCUT2D eigenvalue weighted by atomic mass is 10.1. The molecule has 0 saturated carbocycles. The van der Waals surface area contributed by atoms with E-state index in [9.17, 15) is 9.59 Å². The molecule has 0 fully saturated rings. The van der Waals surface area contributed by atoms with Gasteiger partial charge in [0.1, 0.15) is 4.88 Å². The van der Waals surface area contributed by atoms with Crippen LogP contribution >= 0.6 is 11.3 Å². The molecule has 1 atom stereocenters. The van der Waals surface area contributed by atoms with Gasteiger partial charge >= 0.3 is 5.97 Å². The Morgan fingerprint density at radius 1 is 1.18 bits per heavy atom. The first-order chi connectivity index (χ1) is 10.5. The van der Waals surface area contributed by atoms with Gasteiger partial charge in [0.2, 0.25) is 0 Å². The van der Waals surface area contributed by atoms with Gasteiger partial charge in [-0.25, -0.2) is 4.79 Å². The Labute approximate surface area is 132 Å². The number of carbonyl (C=O) groups excluding carboxylic acids is 2. The number of esters is 1. The molecule has 0 saturated heterocycles. The predicted octanol–water partition coefficient (Wildman–Crippen LogP) is 2.90. The molecule has 1 aromatic heterocycles. The molecular weight excluding hydrogens is 300 g/mol. The summed E-state index contributed by atoms with van der Waals surface area (Å²) in [7, 11) is 1.30. The third-order valence-corrected chi connectivity index (χ3v) is 4.17. The molecule has 1 aromatic carbocycles. The van der Waals surface area contributed by atoms with Crippen molar-refractivity contribution >= 4 is 23.2 Å². The molecule has 2 aromatic rings. The van der Waals surface area contributed by atoms with Crippen LogP contribution in [0, 0.1) is 11.3 Å². The Morgan fingerprint density at radius 2 is 1.82 bits per heavy atom. The number of amides is 1. The smallest absolute Gasteiger partial charge is 0.348 e. The standard InChI is InChI=1S/C16H14N2O3S/c1-10(12-5-3-11(9-17)4-6-12)18-15(19)13-7-8-14(22-13)16(20)21-2/h3-8,10H,1-2H3,(H,18,19). The Morgan fingerprint density at radius 3 is 2.41 bits per heavy atom. The van der Waals surface area contributed by atoms with Crippen molar-refractivity contribution in [2.75, 3.05) is 7.11 Å². The molecule has 0 aliphatic heterocycles. The van der Waals surface area contributed by atoms with Crippen molar-refractivity contribution in [3.63, 3.8) is 0 Å². The Hall–Kier alpha value is -2.65. The number of nitriles is 1. The number of methoxy groups -OCH3 is 1. The van der Waals surface area contributed by atoms with E-state index in [2.05, 4.69) is 10.1 Å². The summed E-state index contributed by atoms with van der Waals surface area (Å²) in [5.74, 6) is -0.707. The van der Waals surface area contributed by atoms with Crippen molar-refractivity contribution in [2.24, 2.45) is 0 Å². The minimum absolute atomic E-state index is 0.205. The van der Waals surface area contributed by atoms with Crippen molar-refractivity contribution in [2.45, 2.75) is 13.0 Å². The average molecular weight is 314 g/mol. The van der Waals surface area contributed by atoms with Crippen molar-refractivity contribution in [1.82, 2.24) is 5.32 Å². The molecule has 1 N–H and O–H groups in total. The fraction of sp³-hybridized carbons (Fsp3) is 0.188. The molecule has 22 heavy (non-hydrogen) atoms. The largest absolute Gasteiger partial charge is 0.465 e. The highest BCUT2D eigenvalue weighted by Crippen LogP contribution is 2.19. The molecule has 5 nitrogen and oxygen atoms in total. The van der Waals surface area contributed by atoms with E-state index in [0.29, 0.717) is 15.3 Å². The molecule has 2 rings (SSSR count). The van der Waals surface area contributed by atoms with Gasteiger partial charge in [-0.05, 0) is 36.8 Å². The van der Waals surface area contributed by atoms with Gasteiger partial charge in [-0.2, -0.15) is 5.26 Å². The monoisotopic (exact) mass is 314 g/mol. The zero-order chi connectivity index (χ0) is 16.1. The minimum atomic E-state index is -0.454. The van der Waals surface area contributed by atoms with Crippen LogP contribution in [-0.4, -0.2) is 19.0 Å². The Kier molecular flexibility index (Phi) is 4.92. The van der Waals surface area contributed by atoms with Crippen LogP contribution in [0.25, 0.3) is 0 Å². The molecule has 1 unspecified atom stereocenters. The van der Waals surface area contributed by atoms with Crippen molar-refractivity contribution < 1.29 is 14.3 Å². The van der Waals surface area contributed by atoms with E-state index >= 15 is 0 Å². The fourth-order valence-corrected chi connectivity index (χ4v) is 2.70. The number of nitrogens with zero attached hydrogens (tertiary/aromatic N) is 1. The third-order valence-electron chi connectivity index (χ3n) is 3.10. The predicted molar refractivity (Wildman–Crippen MR) is 82.7 cm³/mol. The summed E-state index contributed by atoms with van der Waals surface area (Å²) in [6, 6.07) is 12.0. The van der Waals surface area contributed by atoms with E-state index < -0.39 is 5.97 Å². The van der Waals surface area contributed by atoms with Gasteiger partial charge in [-0.3, -0.25) is 4.79 Å². The molecule has 112 valence electrons. The molecule has 6 heteroatoms. The number of rotatable bonds is 4. The van der Waals surface area contributed by atoms with E-state index in [1.807, 2.05) is 13.0 Å². The Balaban J connectivity index is 2.05. The van der Waals surface area contributed by atoms with Crippen LogP contribution in [0.5, 0.6) is 0 Å². The first-order valence-electron chi connectivity index (χ1n) is 6.54. The lowest BCUT2D eigenvalue weighted by Crippen LogP contribution is -2.25. The molecule has 1 amide bonds. The van der Waals surface area contributed by atoms with Gasteiger partial charge in [0.05, 0.1) is 29.7 Å². The van der Waals surface area contributed by atoms with Crippen LogP contribution in [-0.2, 0) is 4.74 Å². The summed E-state index contributed by atoms with van der Waals surface area (Å²) >= 11 is 1.09. The zero-order valence-electron chi connectivity index (χ0n) is 12.1. The van der Waals surface area contributed by atoms with E-state index in [1.165, 1.54) is 7.11 Å². The fourth-order valence-electron chi connectivity index (χ4n) is 1.87. The van der Waals surface area contributed by atoms with Crippen molar-refractivity contribution in [3.05, 3.63) is 57.3 Å². The highest BCUT2D eigenvalue weighted by molar-refractivity contribution is 7.15. The summed E-state index contributed by atoms with van der Waals surface area (Å²) in [6.07, 6.45) is 0. The summed E-state index contributed by atoms with van der Waals surface area (Å²) in [4.78, 5) is 24.4. The van der Waals surface area contributed by atoms with Gasteiger partial charge in [0, 0.05) is 0 Å². The van der Waals surface area contributed by atoms with Crippen molar-refractivity contribution in [1.29, 1.82) is 5.26 Å². The average Bonchev–Trinajstić information content (AvgIpc) is 3.04. The van der Waals surface area contributed by atoms with Gasteiger partial charge in [-0.1, -0.05) is 12.1 Å². The molecule has 0 spiro atoms. The SMILES string of the molecule is COC(=O)c1ccc(C(=O)NC(C)c2ccc(C#N)cc2)s1. The van der Waals surface area contributed by atoms with Gasteiger partial charge < -0.3 is 10.1 Å². The van der Waals surface area contributed by atoms with Gasteiger partial charge in [0.25, 0.3) is 5.91 Å². The topological polar surface area (TPSA) is 79.2 Å². The normalized spacial score (nSPS) is 11.3. The highest BCUT2D eigenvalue weighted by atomic mass is 32.1. The highest BCUT2D eigenvalue weighted by Gasteiger charge is 2.16. The molecule has 0 radical (unpaired) electrons. The second-order valence-corrected chi connectivity index (χ2v) is 5.67. The van der Waals surface area contributed by atoms with Crippen LogP contribution in [0.4, 0.5) is 0 Å². The van der Waals surface area contributed by atoms with E-state index in [-0.39, 0.29) is 11.9 Å². The number of nitrogens with one attached hydrogen (secondary N) is 1. The van der Waals surface area contributed by atoms with Crippen LogP contribution in [0.1, 0.15) is 43.4 Å². The molecule has 0 aliphatic carbocycles. The minimum Gasteiger partial charge on any atom is -0.465 e. The summed E-state index contributed by atoms with van der Waals surface area (Å²) in [5, 5.41) is 11.6. The number of ether oxygens (including phenoxy) is 1. The molecule has 0 aliphatic rings. The van der Waals surface area contributed by atoms with E-state index in [0.717, 1.165) is 16.9 Å². The number of carbonyl (C=O) groups is 2. The van der Waals surface area contributed by atoms with Crippen LogP contribution < -0.4 is 5.32 Å². The second kappa shape index (κ2) is 6.87. The maximum atomic E-state index is 12.2. The summed E-state index contributed by atoms with van der Waals surface area (Å²) < 4.78 is 4.61. The van der Waals surface area contributed by atoms with E-state index in [1.54, 1.807) is 36.4 Å². The number of hydrogen-bond donors (Lipinski definition) is 1. The zero-order valence-corrected chi connectivity index (χ0v) is 12.9. The lowest BCUT2D eigenvalue weighted by Gasteiger charge is -2.13. The molecule has 0 bridgehead atoms. The quantitative estimate of drug-likeness (QED) is 0.880. The van der Waals surface area contributed by atoms with Gasteiger partial charge in [-0.15, -0.1) is 11.3 Å². The number of hydrogen-bond acceptors (Lipinski definition) is 5. The summed E-state index contributed by atoms with van der Waals surface area (Å²) in [5.41, 5.74) is 1.47. The first-order valence-corrected chi connectivity index (χ1v) is 7.36. The van der Waals surface area contributed by atoms with Crippen molar-refractivity contribution in [3.8, 4) is 6.07 Å². The first kappa shape index (κ1) is 15.7. The van der Waals surface area contributed by atoms with Crippen LogP contribution in [0.15, 0.2) is 36.4 Å². The maximum Gasteiger partial charge on any atom is 0.348 e. The molecular formula is C16H14N2O3S. The van der Waals surface area contributed by atoms with E-state index in [4.69, 9.17) is 5.26 Å². The number of thiophene rings is 1. The third kappa shape index (κ3) is 3.51. The Bertz CT molecular complexity index is 729.